The van der Waals surface area contributed by atoms with Gasteiger partial charge in [-0.1, -0.05) is 286 Å². The third-order valence-electron chi connectivity index (χ3n) is 27.2. The lowest BCUT2D eigenvalue weighted by Gasteiger charge is -2.26. The molecule has 628 valence electrons. The molecule has 0 atom stereocenters. The van der Waals surface area contributed by atoms with E-state index in [1.165, 1.54) is 120 Å². The summed E-state index contributed by atoms with van der Waals surface area (Å²) < 4.78 is 27.1. The molecule has 0 N–H and O–H groups in total. The summed E-state index contributed by atoms with van der Waals surface area (Å²) >= 11 is 0. The monoisotopic (exact) mass is 1710 g/mol. The standard InChI is InChI=1S/C66H43N3O.C60H38N2O2/c1-2-52-56-35-29-47(48-40-58-54-20-10-13-23-61(54)69-62-24-14-11-21-55(62)59(41-48)66(58)69)42-65(56)70-64(52)37-38-67(49-31-25-44(26-32-49)43-15-5-3-6-16-43)50-33-27-45(28-34-50)46-30-36-63-57(39-46)53-19-9-12-22-60(53)68(63)51-17-7-4-8-18-51;1-2-12-47(57-36-42-15-6-11-20-56(42)63-57)40-23-28-45(29-24-40)61(44-26-21-39(22-27-44)38-13-4-3-5-14-38)46-30-32-51-50-31-25-41(35-58(50)64-59(51)37-46)43-33-52-48-16-7-9-18-54(48)62-55-19-10-8-17-49(55)53(34-43)60(52)62/h2-42H,1H2;2-37H,1H2/b38-37+;47-12-. The second-order valence-electron chi connectivity index (χ2n) is 34.7. The molecule has 27 rings (SSSR count). The summed E-state index contributed by atoms with van der Waals surface area (Å²) in [7, 11) is 0. The molecule has 8 aromatic heterocycles. The minimum absolute atomic E-state index is 0.749. The molecule has 0 bridgehead atoms. The highest BCUT2D eigenvalue weighted by Gasteiger charge is 2.26. The molecule has 0 spiro atoms. The molecule has 8 nitrogen and oxygen atoms in total. The van der Waals surface area contributed by atoms with Crippen LogP contribution < -0.4 is 9.80 Å². The minimum atomic E-state index is 0.749. The van der Waals surface area contributed by atoms with Crippen molar-refractivity contribution in [3.63, 3.8) is 0 Å². The van der Waals surface area contributed by atoms with Crippen LogP contribution >= 0.6 is 0 Å². The minimum Gasteiger partial charge on any atom is -0.456 e. The number of fused-ring (bicyclic) bond motifs is 20. The van der Waals surface area contributed by atoms with Gasteiger partial charge in [0.25, 0.3) is 0 Å². The number of aromatic nitrogens is 3. The average Bonchev–Trinajstić information content (AvgIpc) is 1.55. The van der Waals surface area contributed by atoms with Crippen molar-refractivity contribution in [3.8, 4) is 61.3 Å². The molecular weight excluding hydrogens is 1630 g/mol. The van der Waals surface area contributed by atoms with E-state index in [4.69, 9.17) is 13.3 Å². The highest BCUT2D eigenvalue weighted by Crippen LogP contribution is 2.49. The summed E-state index contributed by atoms with van der Waals surface area (Å²) in [5.41, 5.74) is 34.0. The van der Waals surface area contributed by atoms with Crippen LogP contribution in [0.1, 0.15) is 22.6 Å². The van der Waals surface area contributed by atoms with Crippen molar-refractivity contribution in [2.24, 2.45) is 0 Å². The van der Waals surface area contributed by atoms with Crippen molar-refractivity contribution in [2.45, 2.75) is 0 Å². The highest BCUT2D eigenvalue weighted by atomic mass is 16.3. The lowest BCUT2D eigenvalue weighted by atomic mass is 9.98. The fourth-order valence-corrected chi connectivity index (χ4v) is 20.9. The molecule has 0 amide bonds. The average molecular weight is 1710 g/mol. The van der Waals surface area contributed by atoms with E-state index in [1.807, 2.05) is 36.4 Å². The first kappa shape index (κ1) is 77.2. The third-order valence-corrected chi connectivity index (χ3v) is 27.2. The van der Waals surface area contributed by atoms with Crippen LogP contribution in [0.2, 0.25) is 0 Å². The lowest BCUT2D eigenvalue weighted by molar-refractivity contribution is 0.600. The van der Waals surface area contributed by atoms with Gasteiger partial charge in [0.15, 0.2) is 0 Å². The second-order valence-corrected chi connectivity index (χ2v) is 34.7. The Balaban J connectivity index is 0.000000140. The van der Waals surface area contributed by atoms with Gasteiger partial charge in [-0.05, 0) is 243 Å². The van der Waals surface area contributed by atoms with Gasteiger partial charge in [0.05, 0.1) is 44.1 Å². The fourth-order valence-electron chi connectivity index (χ4n) is 20.9. The Morgan fingerprint density at radius 1 is 0.261 bits per heavy atom. The zero-order chi connectivity index (χ0) is 88.6. The molecule has 0 aliphatic carbocycles. The van der Waals surface area contributed by atoms with Crippen molar-refractivity contribution >= 4 is 188 Å². The van der Waals surface area contributed by atoms with Crippen LogP contribution in [0, 0.1) is 0 Å². The molecule has 0 fully saturated rings. The molecule has 134 heavy (non-hydrogen) atoms. The molecule has 0 saturated heterocycles. The molecule has 0 aliphatic heterocycles. The maximum Gasteiger partial charge on any atom is 0.137 e. The maximum atomic E-state index is 6.81. The Bertz CT molecular complexity index is 9190. The second kappa shape index (κ2) is 31.5. The number of rotatable bonds is 17. The van der Waals surface area contributed by atoms with Crippen molar-refractivity contribution in [1.82, 2.24) is 13.4 Å². The number of benzene rings is 19. The van der Waals surface area contributed by atoms with Gasteiger partial charge in [-0.15, -0.1) is 0 Å². The zero-order valence-corrected chi connectivity index (χ0v) is 72.8. The van der Waals surface area contributed by atoms with E-state index < -0.39 is 0 Å². The summed E-state index contributed by atoms with van der Waals surface area (Å²) in [4.78, 5) is 4.52. The Hall–Kier alpha value is -18.0. The van der Waals surface area contributed by atoms with E-state index in [2.05, 4.69) is 467 Å². The first-order valence-corrected chi connectivity index (χ1v) is 45.5. The zero-order valence-electron chi connectivity index (χ0n) is 72.8. The van der Waals surface area contributed by atoms with Gasteiger partial charge >= 0.3 is 0 Å². The van der Waals surface area contributed by atoms with Crippen LogP contribution in [0.4, 0.5) is 28.4 Å². The smallest absolute Gasteiger partial charge is 0.137 e. The quantitative estimate of drug-likeness (QED) is 0.0850. The summed E-state index contributed by atoms with van der Waals surface area (Å²) in [5.74, 6) is 1.55. The van der Waals surface area contributed by atoms with E-state index in [1.54, 1.807) is 0 Å². The number of anilines is 5. The number of nitrogens with zero attached hydrogens (tertiary/aromatic N) is 5. The van der Waals surface area contributed by atoms with Gasteiger partial charge in [-0.2, -0.15) is 0 Å². The van der Waals surface area contributed by atoms with Crippen LogP contribution in [0.5, 0.6) is 0 Å². The third kappa shape index (κ3) is 12.7. The van der Waals surface area contributed by atoms with E-state index in [-0.39, 0.29) is 0 Å². The van der Waals surface area contributed by atoms with Crippen LogP contribution in [-0.2, 0) is 0 Å². The van der Waals surface area contributed by atoms with Gasteiger partial charge < -0.3 is 36.4 Å². The van der Waals surface area contributed by atoms with Gasteiger partial charge in [0.1, 0.15) is 33.9 Å². The van der Waals surface area contributed by atoms with Crippen molar-refractivity contribution in [1.29, 1.82) is 0 Å². The number of furan rings is 3. The number of allylic oxidation sites excluding steroid dienone is 2. The molecule has 27 aromatic rings. The largest absolute Gasteiger partial charge is 0.456 e. The first-order valence-electron chi connectivity index (χ1n) is 45.5. The molecule has 19 aromatic carbocycles. The number of hydrogen-bond donors (Lipinski definition) is 0. The van der Waals surface area contributed by atoms with Gasteiger partial charge in [-0.3, -0.25) is 0 Å². The van der Waals surface area contributed by atoms with Crippen molar-refractivity contribution in [3.05, 3.63) is 491 Å². The molecule has 0 saturated carbocycles. The molecule has 8 heterocycles. The molecule has 0 unspecified atom stereocenters. The van der Waals surface area contributed by atoms with Gasteiger partial charge in [0.2, 0.25) is 0 Å². The van der Waals surface area contributed by atoms with Crippen LogP contribution in [0.25, 0.3) is 221 Å². The molecule has 8 heteroatoms. The summed E-state index contributed by atoms with van der Waals surface area (Å²) in [5, 5.41) is 16.8. The Morgan fingerprint density at radius 2 is 0.649 bits per heavy atom. The topological polar surface area (TPSA) is 59.7 Å². The maximum absolute atomic E-state index is 6.81. The molecule has 0 radical (unpaired) electrons. The van der Waals surface area contributed by atoms with Crippen molar-refractivity contribution in [2.75, 3.05) is 9.80 Å². The highest BCUT2D eigenvalue weighted by molar-refractivity contribution is 6.26. The van der Waals surface area contributed by atoms with Crippen molar-refractivity contribution < 1.29 is 13.3 Å². The normalized spacial score (nSPS) is 12.1. The predicted molar refractivity (Wildman–Crippen MR) is 563 cm³/mol. The molecule has 0 aliphatic rings. The number of hydrogen-bond acceptors (Lipinski definition) is 5. The summed E-state index contributed by atoms with van der Waals surface area (Å²) in [6.45, 7) is 8.28. The first-order chi connectivity index (χ1) is 66.3. The Morgan fingerprint density at radius 3 is 1.17 bits per heavy atom. The van der Waals surface area contributed by atoms with Gasteiger partial charge in [0, 0.05) is 133 Å². The van der Waals surface area contributed by atoms with Crippen LogP contribution in [0.3, 0.4) is 0 Å². The van der Waals surface area contributed by atoms with E-state index >= 15 is 0 Å². The van der Waals surface area contributed by atoms with E-state index in [0.717, 1.165) is 140 Å². The van der Waals surface area contributed by atoms with Gasteiger partial charge in [-0.25, -0.2) is 0 Å². The lowest BCUT2D eigenvalue weighted by Crippen LogP contribution is -2.10. The van der Waals surface area contributed by atoms with E-state index in [9.17, 15) is 0 Å². The summed E-state index contributed by atoms with van der Waals surface area (Å²) in [6, 6.07) is 157. The SMILES string of the molecule is C=C/C=C(/c1ccc(N(c2ccc(-c3ccccc3)cc2)c2ccc3c(c2)oc2cc(-c4cc5c6ccccc6n6c7ccccc7c(c4)c56)ccc23)cc1)c1cc2ccccc2o1.C=Cc1c(/C=C/N(c2ccc(-c3ccccc3)cc2)c2ccc(-c3ccc4c(c3)c3ccccc3n4-c3ccccc3)cc2)oc2cc(-c3cc4c5ccccc5n5c6ccccc6c(c3)c45)ccc12. The molecular formula is C126H81N5O3. The fraction of sp³-hybridized carbons (Fsp3) is 0. The summed E-state index contributed by atoms with van der Waals surface area (Å²) in [6.07, 6.45) is 9.93. The van der Waals surface area contributed by atoms with E-state index in [0.29, 0.717) is 0 Å². The number of para-hydroxylation sites is 7. The Kier molecular flexibility index (Phi) is 18.1. The Labute approximate surface area is 771 Å². The van der Waals surface area contributed by atoms with Crippen LogP contribution in [-0.4, -0.2) is 13.4 Å². The van der Waals surface area contributed by atoms with Crippen LogP contribution in [0.15, 0.2) is 482 Å². The predicted octanol–water partition coefficient (Wildman–Crippen LogP) is 35.0.